The van der Waals surface area contributed by atoms with Crippen LogP contribution in [0.1, 0.15) is 47.0 Å². The average Bonchev–Trinajstić information content (AvgIpc) is 2.24. The van der Waals surface area contributed by atoms with Crippen LogP contribution < -0.4 is 0 Å². The van der Waals surface area contributed by atoms with Crippen molar-refractivity contribution in [3.63, 3.8) is 0 Å². The Morgan fingerprint density at radius 3 is 2.28 bits per heavy atom. The molecule has 0 aromatic heterocycles. The molecule has 1 atom stereocenters. The van der Waals surface area contributed by atoms with E-state index in [1.807, 2.05) is 0 Å². The van der Waals surface area contributed by atoms with Gasteiger partial charge in [0, 0.05) is 6.42 Å². The van der Waals surface area contributed by atoms with E-state index < -0.39 is 0 Å². The van der Waals surface area contributed by atoms with Gasteiger partial charge >= 0.3 is 0 Å². The van der Waals surface area contributed by atoms with E-state index in [0.717, 1.165) is 22.7 Å². The lowest BCUT2D eigenvalue weighted by atomic mass is 9.74. The molecule has 0 heterocycles. The molecule has 1 unspecified atom stereocenters. The smallest absolute Gasteiger partial charge is 0.100 e. The Hall–Kier alpha value is 0.0500. The van der Waals surface area contributed by atoms with Crippen LogP contribution in [0, 0.1) is 11.3 Å². The number of hydrogen-bond acceptors (Lipinski definition) is 1. The van der Waals surface area contributed by atoms with Gasteiger partial charge in [-0.2, -0.15) is 12.6 Å². The van der Waals surface area contributed by atoms with Gasteiger partial charge in [0.1, 0.15) is 6.54 Å². The largest absolute Gasteiger partial charge is 0.325 e. The molecule has 0 saturated carbocycles. The highest BCUT2D eigenvalue weighted by Gasteiger charge is 2.30. The maximum absolute atomic E-state index is 4.41. The first-order chi connectivity index (χ1) is 8.17. The van der Waals surface area contributed by atoms with E-state index in [9.17, 15) is 0 Å². The fourth-order valence-electron chi connectivity index (χ4n) is 2.73. The second-order valence-electron chi connectivity index (χ2n) is 7.01. The van der Waals surface area contributed by atoms with Crippen molar-refractivity contribution in [2.24, 2.45) is 11.3 Å². The first kappa shape index (κ1) is 18.0. The fourth-order valence-corrected chi connectivity index (χ4v) is 2.87. The SMILES string of the molecule is C=C(C[N+](C)(C)CCCS)C(C)(CC)CC(C)C. The number of quaternary nitrogens is 1. The Kier molecular flexibility index (Phi) is 7.61. The molecule has 0 saturated heterocycles. The topological polar surface area (TPSA) is 0 Å². The van der Waals surface area contributed by atoms with E-state index in [4.69, 9.17) is 0 Å². The molecule has 0 N–H and O–H groups in total. The lowest BCUT2D eigenvalue weighted by Crippen LogP contribution is -2.44. The zero-order chi connectivity index (χ0) is 14.4. The molecular weight excluding hydrogens is 238 g/mol. The van der Waals surface area contributed by atoms with Gasteiger partial charge in [0.05, 0.1) is 20.6 Å². The van der Waals surface area contributed by atoms with Gasteiger partial charge in [0.15, 0.2) is 0 Å². The molecule has 0 amide bonds. The summed E-state index contributed by atoms with van der Waals surface area (Å²) in [5, 5.41) is 0. The maximum atomic E-state index is 4.41. The molecule has 0 radical (unpaired) electrons. The zero-order valence-corrected chi connectivity index (χ0v) is 14.3. The number of nitrogens with zero attached hydrogens (tertiary/aromatic N) is 1. The van der Waals surface area contributed by atoms with Crippen LogP contribution in [0.5, 0.6) is 0 Å². The zero-order valence-electron chi connectivity index (χ0n) is 13.4. The molecule has 0 aromatic rings. The van der Waals surface area contributed by atoms with E-state index in [1.54, 1.807) is 0 Å². The van der Waals surface area contributed by atoms with Crippen molar-refractivity contribution < 1.29 is 4.48 Å². The minimum absolute atomic E-state index is 0.296. The Labute approximate surface area is 121 Å². The van der Waals surface area contributed by atoms with E-state index in [2.05, 4.69) is 61.0 Å². The summed E-state index contributed by atoms with van der Waals surface area (Å²) in [5.74, 6) is 1.71. The van der Waals surface area contributed by atoms with Crippen LogP contribution in [0.2, 0.25) is 0 Å². The molecule has 0 aliphatic carbocycles. The van der Waals surface area contributed by atoms with Gasteiger partial charge in [-0.3, -0.25) is 0 Å². The van der Waals surface area contributed by atoms with Gasteiger partial charge in [-0.1, -0.05) is 34.3 Å². The summed E-state index contributed by atoms with van der Waals surface area (Å²) >= 11 is 4.31. The molecule has 0 aromatic carbocycles. The molecule has 108 valence electrons. The third-order valence-electron chi connectivity index (χ3n) is 4.03. The molecule has 0 fully saturated rings. The molecule has 0 bridgehead atoms. The van der Waals surface area contributed by atoms with Gasteiger partial charge < -0.3 is 4.48 Å². The first-order valence-corrected chi connectivity index (χ1v) is 7.91. The van der Waals surface area contributed by atoms with E-state index in [1.165, 1.54) is 31.4 Å². The Morgan fingerprint density at radius 1 is 1.33 bits per heavy atom. The normalized spacial score (nSPS) is 15.8. The molecule has 0 rings (SSSR count). The predicted octanol–water partition coefficient (Wildman–Crippen LogP) is 4.40. The van der Waals surface area contributed by atoms with Crippen LogP contribution >= 0.6 is 12.6 Å². The highest BCUT2D eigenvalue weighted by atomic mass is 32.1. The number of likely N-dealkylation sites (N-methyl/N-ethyl adjacent to an activating group) is 1. The summed E-state index contributed by atoms with van der Waals surface area (Å²) in [7, 11) is 4.61. The van der Waals surface area contributed by atoms with Crippen LogP contribution in [0.15, 0.2) is 12.2 Å². The summed E-state index contributed by atoms with van der Waals surface area (Å²) in [6.45, 7) is 16.0. The molecule has 2 heteroatoms. The molecule has 0 spiro atoms. The van der Waals surface area contributed by atoms with Gasteiger partial charge in [-0.25, -0.2) is 0 Å². The highest BCUT2D eigenvalue weighted by Crippen LogP contribution is 2.37. The van der Waals surface area contributed by atoms with Crippen molar-refractivity contribution in [2.75, 3.05) is 32.9 Å². The molecule has 0 aliphatic rings. The Bertz CT molecular complexity index is 258. The number of hydrogen-bond donors (Lipinski definition) is 1. The predicted molar refractivity (Wildman–Crippen MR) is 87.3 cm³/mol. The van der Waals surface area contributed by atoms with E-state index in [0.29, 0.717) is 5.41 Å². The summed E-state index contributed by atoms with van der Waals surface area (Å²) in [5.41, 5.74) is 1.72. The van der Waals surface area contributed by atoms with Crippen LogP contribution in [-0.4, -0.2) is 37.4 Å². The van der Waals surface area contributed by atoms with Crippen LogP contribution in [0.25, 0.3) is 0 Å². The summed E-state index contributed by atoms with van der Waals surface area (Å²) in [6, 6.07) is 0. The van der Waals surface area contributed by atoms with Crippen LogP contribution in [0.4, 0.5) is 0 Å². The van der Waals surface area contributed by atoms with Gasteiger partial charge in [-0.05, 0) is 35.5 Å². The molecule has 18 heavy (non-hydrogen) atoms. The lowest BCUT2D eigenvalue weighted by Gasteiger charge is -2.38. The second kappa shape index (κ2) is 7.59. The average molecular weight is 273 g/mol. The third kappa shape index (κ3) is 6.29. The summed E-state index contributed by atoms with van der Waals surface area (Å²) < 4.78 is 1.03. The third-order valence-corrected chi connectivity index (χ3v) is 4.35. The van der Waals surface area contributed by atoms with Crippen molar-refractivity contribution in [1.29, 1.82) is 0 Å². The van der Waals surface area contributed by atoms with Crippen molar-refractivity contribution in [1.82, 2.24) is 0 Å². The fraction of sp³-hybridized carbons (Fsp3) is 0.875. The van der Waals surface area contributed by atoms with Crippen molar-refractivity contribution in [3.05, 3.63) is 12.2 Å². The lowest BCUT2D eigenvalue weighted by molar-refractivity contribution is -0.886. The molecule has 0 aliphatic heterocycles. The summed E-state index contributed by atoms with van der Waals surface area (Å²) in [4.78, 5) is 0. The van der Waals surface area contributed by atoms with Gasteiger partial charge in [0.2, 0.25) is 0 Å². The van der Waals surface area contributed by atoms with Crippen molar-refractivity contribution in [2.45, 2.75) is 47.0 Å². The van der Waals surface area contributed by atoms with Crippen LogP contribution in [0.3, 0.4) is 0 Å². The van der Waals surface area contributed by atoms with Crippen molar-refractivity contribution in [3.8, 4) is 0 Å². The van der Waals surface area contributed by atoms with E-state index in [-0.39, 0.29) is 0 Å². The number of rotatable bonds is 9. The molecular formula is C16H34NS+. The second-order valence-corrected chi connectivity index (χ2v) is 7.46. The summed E-state index contributed by atoms with van der Waals surface area (Å²) in [6.07, 6.45) is 3.61. The minimum atomic E-state index is 0.296. The van der Waals surface area contributed by atoms with E-state index >= 15 is 0 Å². The highest BCUT2D eigenvalue weighted by molar-refractivity contribution is 7.80. The maximum Gasteiger partial charge on any atom is 0.100 e. The van der Waals surface area contributed by atoms with Gasteiger partial charge in [-0.15, -0.1) is 0 Å². The quantitative estimate of drug-likeness (QED) is 0.359. The number of thiol groups is 1. The van der Waals surface area contributed by atoms with Gasteiger partial charge in [0.25, 0.3) is 0 Å². The van der Waals surface area contributed by atoms with Crippen LogP contribution in [-0.2, 0) is 0 Å². The Balaban J connectivity index is 4.61. The van der Waals surface area contributed by atoms with Crippen molar-refractivity contribution >= 4 is 12.6 Å². The molecule has 1 nitrogen and oxygen atoms in total. The minimum Gasteiger partial charge on any atom is -0.325 e. The first-order valence-electron chi connectivity index (χ1n) is 7.28. The Morgan fingerprint density at radius 2 is 1.89 bits per heavy atom. The monoisotopic (exact) mass is 272 g/mol. The standard InChI is InChI=1S/C16H33NS/c1-8-16(5,12-14(2)3)15(4)13-17(6,7)10-9-11-18/h14H,4,8-13H2,1-3,5-7H3/p+1.